The third kappa shape index (κ3) is 3.17. The Kier molecular flexibility index (Phi) is 3.98. The lowest BCUT2D eigenvalue weighted by Crippen LogP contribution is -2.35. The maximum atomic E-state index is 11.4. The molecule has 0 fully saturated rings. The first-order valence-electron chi connectivity index (χ1n) is 4.31. The molecule has 0 aliphatic rings. The van der Waals surface area contributed by atoms with Gasteiger partial charge in [-0.05, 0) is 0 Å². The van der Waals surface area contributed by atoms with Gasteiger partial charge in [-0.2, -0.15) is 0 Å². The van der Waals surface area contributed by atoms with E-state index in [0.717, 1.165) is 19.6 Å². The molecular weight excluding hydrogens is 304 g/mol. The van der Waals surface area contributed by atoms with Gasteiger partial charge in [0, 0.05) is 5.38 Å². The Bertz CT molecular complexity index is 627. The zero-order chi connectivity index (χ0) is 14.1. The number of hydrogen-bond donors (Lipinski definition) is 0. The van der Waals surface area contributed by atoms with Crippen LogP contribution in [0, 0.1) is 0 Å². The number of carbonyl (C=O) groups is 1. The minimum atomic E-state index is -4.05. The molecule has 0 unspecified atom stereocenters. The Morgan fingerprint density at radius 2 is 1.78 bits per heavy atom. The van der Waals surface area contributed by atoms with Gasteiger partial charge in [-0.15, -0.1) is 15.0 Å². The van der Waals surface area contributed by atoms with Gasteiger partial charge < -0.3 is 4.74 Å². The number of thiazole rings is 1. The van der Waals surface area contributed by atoms with Crippen molar-refractivity contribution in [1.82, 2.24) is 4.98 Å². The SMILES string of the molecule is COC(=O)c1csc(N(S(C)(=O)=O)S(C)(=O)=O)n1. The molecular formula is C7H10N2O6S3. The second-order valence-corrected chi connectivity index (χ2v) is 7.96. The number of nitrogens with zero attached hydrogens (tertiary/aromatic N) is 2. The summed E-state index contributed by atoms with van der Waals surface area (Å²) in [7, 11) is -6.98. The van der Waals surface area contributed by atoms with Crippen LogP contribution in [0.4, 0.5) is 5.13 Å². The molecule has 0 aromatic carbocycles. The summed E-state index contributed by atoms with van der Waals surface area (Å²) in [5.41, 5.74) is -0.158. The van der Waals surface area contributed by atoms with Crippen LogP contribution in [0.25, 0.3) is 0 Å². The van der Waals surface area contributed by atoms with Crippen LogP contribution in [0.5, 0.6) is 0 Å². The summed E-state index contributed by atoms with van der Waals surface area (Å²) < 4.78 is 50.2. The lowest BCUT2D eigenvalue weighted by molar-refractivity contribution is 0.0595. The van der Waals surface area contributed by atoms with Crippen LogP contribution >= 0.6 is 11.3 Å². The van der Waals surface area contributed by atoms with Gasteiger partial charge in [0.2, 0.25) is 25.2 Å². The maximum Gasteiger partial charge on any atom is 0.357 e. The average Bonchev–Trinajstić information content (AvgIpc) is 2.60. The highest BCUT2D eigenvalue weighted by atomic mass is 32.3. The number of hydrogen-bond acceptors (Lipinski definition) is 8. The third-order valence-corrected chi connectivity index (χ3v) is 5.88. The Labute approximate surface area is 108 Å². The van der Waals surface area contributed by atoms with Crippen molar-refractivity contribution in [1.29, 1.82) is 0 Å². The largest absolute Gasteiger partial charge is 0.464 e. The molecule has 0 saturated heterocycles. The topological polar surface area (TPSA) is 111 Å². The molecule has 8 nitrogen and oxygen atoms in total. The zero-order valence-corrected chi connectivity index (χ0v) is 12.1. The number of carbonyl (C=O) groups excluding carboxylic acids is 1. The molecule has 0 spiro atoms. The van der Waals surface area contributed by atoms with Gasteiger partial charge in [0.15, 0.2) is 5.69 Å². The highest BCUT2D eigenvalue weighted by Crippen LogP contribution is 2.25. The molecule has 0 amide bonds. The highest BCUT2D eigenvalue weighted by molar-refractivity contribution is 8.09. The van der Waals surface area contributed by atoms with E-state index >= 15 is 0 Å². The second-order valence-electron chi connectivity index (χ2n) is 3.23. The molecule has 1 aromatic rings. The lowest BCUT2D eigenvalue weighted by Gasteiger charge is -2.15. The second kappa shape index (κ2) is 4.82. The van der Waals surface area contributed by atoms with E-state index in [4.69, 9.17) is 0 Å². The van der Waals surface area contributed by atoms with Crippen molar-refractivity contribution >= 4 is 42.5 Å². The monoisotopic (exact) mass is 314 g/mol. The normalized spacial score (nSPS) is 12.2. The molecule has 102 valence electrons. The average molecular weight is 314 g/mol. The van der Waals surface area contributed by atoms with E-state index in [-0.39, 0.29) is 14.5 Å². The summed E-state index contributed by atoms with van der Waals surface area (Å²) in [4.78, 5) is 14.8. The van der Waals surface area contributed by atoms with Crippen molar-refractivity contribution in [3.05, 3.63) is 11.1 Å². The van der Waals surface area contributed by atoms with Crippen LogP contribution in [0.15, 0.2) is 5.38 Å². The molecule has 1 heterocycles. The van der Waals surface area contributed by atoms with Crippen LogP contribution in [0.3, 0.4) is 0 Å². The van der Waals surface area contributed by atoms with Crippen LogP contribution in [-0.2, 0) is 24.8 Å². The van der Waals surface area contributed by atoms with Gasteiger partial charge in [0.25, 0.3) is 0 Å². The smallest absolute Gasteiger partial charge is 0.357 e. The van der Waals surface area contributed by atoms with Crippen LogP contribution in [-0.4, -0.2) is 47.4 Å². The molecule has 11 heteroatoms. The summed E-state index contributed by atoms with van der Waals surface area (Å²) >= 11 is 0.711. The first kappa shape index (κ1) is 14.9. The number of aromatic nitrogens is 1. The Morgan fingerprint density at radius 3 is 2.17 bits per heavy atom. The highest BCUT2D eigenvalue weighted by Gasteiger charge is 2.30. The standard InChI is InChI=1S/C7H10N2O6S3/c1-15-6(10)5-4-16-7(8-5)9(17(2,11)12)18(3,13)14/h4H,1-3H3. The summed E-state index contributed by atoms with van der Waals surface area (Å²) in [5.74, 6) is -0.778. The van der Waals surface area contributed by atoms with Crippen LogP contribution in [0.1, 0.15) is 10.5 Å². The number of rotatable bonds is 4. The van der Waals surface area contributed by atoms with Crippen molar-refractivity contribution in [2.75, 3.05) is 23.3 Å². The predicted molar refractivity (Wildman–Crippen MR) is 65.6 cm³/mol. The van der Waals surface area contributed by atoms with E-state index < -0.39 is 26.0 Å². The fraction of sp³-hybridized carbons (Fsp3) is 0.429. The number of methoxy groups -OCH3 is 1. The molecule has 1 rings (SSSR count). The van der Waals surface area contributed by atoms with Gasteiger partial charge in [0.05, 0.1) is 19.6 Å². The van der Waals surface area contributed by atoms with Crippen molar-refractivity contribution in [2.45, 2.75) is 0 Å². The van der Waals surface area contributed by atoms with E-state index in [1.807, 2.05) is 0 Å². The molecule has 0 saturated carbocycles. The molecule has 0 N–H and O–H groups in total. The molecule has 1 aromatic heterocycles. The number of ether oxygens (including phenoxy) is 1. The van der Waals surface area contributed by atoms with Crippen molar-refractivity contribution in [2.24, 2.45) is 0 Å². The lowest BCUT2D eigenvalue weighted by atomic mass is 10.5. The van der Waals surface area contributed by atoms with Gasteiger partial charge in [0.1, 0.15) is 0 Å². The van der Waals surface area contributed by atoms with E-state index in [2.05, 4.69) is 9.72 Å². The summed E-state index contributed by atoms with van der Waals surface area (Å²) in [5, 5.41) is 0.880. The molecule has 0 aliphatic heterocycles. The Morgan fingerprint density at radius 1 is 1.28 bits per heavy atom. The number of esters is 1. The van der Waals surface area contributed by atoms with Gasteiger partial charge >= 0.3 is 5.97 Å². The first-order chi connectivity index (χ1) is 8.07. The fourth-order valence-corrected chi connectivity index (χ4v) is 5.37. The molecule has 0 aliphatic carbocycles. The van der Waals surface area contributed by atoms with E-state index in [0.29, 0.717) is 11.3 Å². The Balaban J connectivity index is 3.34. The van der Waals surface area contributed by atoms with Crippen LogP contribution in [0.2, 0.25) is 0 Å². The Hall–Kier alpha value is -1.20. The summed E-state index contributed by atoms with van der Waals surface area (Å²) in [6.07, 6.45) is 1.46. The van der Waals surface area contributed by atoms with Gasteiger partial charge in [-0.3, -0.25) is 0 Å². The van der Waals surface area contributed by atoms with Crippen molar-refractivity contribution in [3.8, 4) is 0 Å². The molecule has 18 heavy (non-hydrogen) atoms. The zero-order valence-electron chi connectivity index (χ0n) is 9.65. The van der Waals surface area contributed by atoms with E-state index in [1.165, 1.54) is 5.38 Å². The van der Waals surface area contributed by atoms with Crippen molar-refractivity contribution in [3.63, 3.8) is 0 Å². The van der Waals surface area contributed by atoms with Gasteiger partial charge in [-0.1, -0.05) is 0 Å². The van der Waals surface area contributed by atoms with Crippen molar-refractivity contribution < 1.29 is 26.4 Å². The molecule has 0 atom stereocenters. The van der Waals surface area contributed by atoms with Crippen LogP contribution < -0.4 is 3.71 Å². The minimum Gasteiger partial charge on any atom is -0.464 e. The maximum absolute atomic E-state index is 11.4. The first-order valence-corrected chi connectivity index (χ1v) is 8.89. The third-order valence-electron chi connectivity index (χ3n) is 1.65. The summed E-state index contributed by atoms with van der Waals surface area (Å²) in [6, 6.07) is 0. The number of sulfonamides is 2. The number of anilines is 1. The minimum absolute atomic E-state index is 0.158. The predicted octanol–water partition coefficient (Wildman–Crippen LogP) is -0.345. The molecule has 0 radical (unpaired) electrons. The van der Waals surface area contributed by atoms with E-state index in [1.54, 1.807) is 0 Å². The summed E-state index contributed by atoms with van der Waals surface area (Å²) in [6.45, 7) is 0. The molecule has 0 bridgehead atoms. The fourth-order valence-electron chi connectivity index (χ4n) is 1.08. The quantitative estimate of drug-likeness (QED) is 0.699. The van der Waals surface area contributed by atoms with Gasteiger partial charge in [-0.25, -0.2) is 26.6 Å². The van der Waals surface area contributed by atoms with E-state index in [9.17, 15) is 21.6 Å².